The maximum atomic E-state index is 11.4. The minimum atomic E-state index is -0.873. The van der Waals surface area contributed by atoms with Gasteiger partial charge < -0.3 is 19.0 Å². The third-order valence-electron chi connectivity index (χ3n) is 1.53. The predicted octanol–water partition coefficient (Wildman–Crippen LogP) is 1.35. The van der Waals surface area contributed by atoms with Gasteiger partial charge in [0.1, 0.15) is 5.60 Å². The monoisotopic (exact) mass is 265 g/mol. The fraction of sp³-hybridized carbons (Fsp3) is 0.800. The lowest BCUT2D eigenvalue weighted by Crippen LogP contribution is -2.46. The number of hydrogen-bond acceptors (Lipinski definition) is 6. The molecule has 0 fully saturated rings. The molecular weight excluding hydrogens is 246 g/mol. The molecule has 1 unspecified atom stereocenters. The molecule has 0 rings (SSSR count). The van der Waals surface area contributed by atoms with Crippen molar-refractivity contribution < 1.29 is 23.2 Å². The zero-order valence-electron chi connectivity index (χ0n) is 10.7. The first-order valence-corrected chi connectivity index (χ1v) is 6.18. The van der Waals surface area contributed by atoms with Crippen molar-refractivity contribution in [1.82, 2.24) is 5.32 Å². The van der Waals surface area contributed by atoms with E-state index in [1.165, 1.54) is 7.11 Å². The smallest absolute Gasteiger partial charge is 0.408 e. The Morgan fingerprint density at radius 3 is 2.35 bits per heavy atom. The molecule has 0 aliphatic heterocycles. The Morgan fingerprint density at radius 1 is 1.35 bits per heavy atom. The highest BCUT2D eigenvalue weighted by Gasteiger charge is 2.25. The van der Waals surface area contributed by atoms with E-state index in [9.17, 15) is 9.59 Å². The summed E-state index contributed by atoms with van der Waals surface area (Å²) >= 11 is 1.10. The standard InChI is InChI=1S/C10H19NO5S/c1-10(2,3)16-9(13)11-7(6-15-17-5)8(12)14-4/h7H,6H2,1-5H3,(H,11,13). The highest BCUT2D eigenvalue weighted by atomic mass is 32.2. The van der Waals surface area contributed by atoms with Gasteiger partial charge in [0.05, 0.1) is 13.7 Å². The number of carbonyl (C=O) groups is 2. The molecule has 0 aliphatic carbocycles. The summed E-state index contributed by atoms with van der Waals surface area (Å²) in [6, 6.07) is -0.873. The summed E-state index contributed by atoms with van der Waals surface area (Å²) in [7, 11) is 1.24. The molecule has 0 spiro atoms. The Kier molecular flexibility index (Phi) is 6.98. The zero-order valence-corrected chi connectivity index (χ0v) is 11.6. The van der Waals surface area contributed by atoms with Crippen molar-refractivity contribution in [1.29, 1.82) is 0 Å². The molecule has 0 heterocycles. The molecule has 0 aliphatic rings. The van der Waals surface area contributed by atoms with E-state index in [4.69, 9.17) is 8.92 Å². The second kappa shape index (κ2) is 7.39. The van der Waals surface area contributed by atoms with Gasteiger partial charge in [-0.3, -0.25) is 0 Å². The third-order valence-corrected chi connectivity index (χ3v) is 1.90. The van der Waals surface area contributed by atoms with Crippen LogP contribution in [0.15, 0.2) is 0 Å². The molecule has 0 radical (unpaired) electrons. The lowest BCUT2D eigenvalue weighted by atomic mass is 10.2. The number of alkyl carbamates (subject to hydrolysis) is 1. The fourth-order valence-corrected chi connectivity index (χ4v) is 1.17. The van der Waals surface area contributed by atoms with Gasteiger partial charge in [-0.05, 0) is 32.8 Å². The summed E-state index contributed by atoms with van der Waals surface area (Å²) in [6.45, 7) is 5.22. The van der Waals surface area contributed by atoms with Crippen LogP contribution >= 0.6 is 12.0 Å². The molecule has 6 nitrogen and oxygen atoms in total. The number of ether oxygens (including phenoxy) is 2. The van der Waals surface area contributed by atoms with Crippen LogP contribution in [-0.4, -0.2) is 43.7 Å². The number of nitrogens with one attached hydrogen (secondary N) is 1. The SMILES string of the molecule is COC(=O)C(COSC)NC(=O)OC(C)(C)C. The minimum Gasteiger partial charge on any atom is -0.467 e. The van der Waals surface area contributed by atoms with Crippen LogP contribution in [0.5, 0.6) is 0 Å². The molecule has 0 aromatic heterocycles. The van der Waals surface area contributed by atoms with E-state index >= 15 is 0 Å². The Hall–Kier alpha value is -0.950. The van der Waals surface area contributed by atoms with Gasteiger partial charge in [0.25, 0.3) is 0 Å². The molecule has 0 saturated carbocycles. The maximum Gasteiger partial charge on any atom is 0.408 e. The molecular formula is C10H19NO5S. The first-order chi connectivity index (χ1) is 7.80. The quantitative estimate of drug-likeness (QED) is 0.597. The third kappa shape index (κ3) is 7.87. The molecule has 0 aromatic rings. The Bertz CT molecular complexity index is 264. The van der Waals surface area contributed by atoms with E-state index in [-0.39, 0.29) is 6.61 Å². The Labute approximate surface area is 106 Å². The van der Waals surface area contributed by atoms with Crippen molar-refractivity contribution in [3.05, 3.63) is 0 Å². The lowest BCUT2D eigenvalue weighted by molar-refractivity contribution is -0.143. The van der Waals surface area contributed by atoms with E-state index in [0.717, 1.165) is 12.0 Å². The number of hydrogen-bond donors (Lipinski definition) is 1. The van der Waals surface area contributed by atoms with Crippen molar-refractivity contribution in [2.75, 3.05) is 20.0 Å². The summed E-state index contributed by atoms with van der Waals surface area (Å²) in [5, 5.41) is 2.39. The highest BCUT2D eigenvalue weighted by Crippen LogP contribution is 2.07. The molecule has 1 atom stereocenters. The van der Waals surface area contributed by atoms with Crippen LogP contribution in [0.4, 0.5) is 4.79 Å². The molecule has 0 saturated heterocycles. The van der Waals surface area contributed by atoms with Crippen LogP contribution in [0.1, 0.15) is 20.8 Å². The van der Waals surface area contributed by atoms with E-state index in [1.807, 2.05) is 0 Å². The summed E-state index contributed by atoms with van der Waals surface area (Å²) < 4.78 is 14.6. The summed E-state index contributed by atoms with van der Waals surface area (Å²) in [4.78, 5) is 22.8. The molecule has 100 valence electrons. The second-order valence-electron chi connectivity index (χ2n) is 4.17. The van der Waals surface area contributed by atoms with Gasteiger partial charge in [0.15, 0.2) is 6.04 Å². The van der Waals surface area contributed by atoms with E-state index in [1.54, 1.807) is 27.0 Å². The number of esters is 1. The molecule has 17 heavy (non-hydrogen) atoms. The number of carbonyl (C=O) groups excluding carboxylic acids is 2. The van der Waals surface area contributed by atoms with Gasteiger partial charge in [-0.25, -0.2) is 9.59 Å². The van der Waals surface area contributed by atoms with Crippen LogP contribution in [0.25, 0.3) is 0 Å². The highest BCUT2D eigenvalue weighted by molar-refractivity contribution is 7.93. The summed E-state index contributed by atoms with van der Waals surface area (Å²) in [5.41, 5.74) is -0.620. The first kappa shape index (κ1) is 16.1. The first-order valence-electron chi connectivity index (χ1n) is 5.03. The lowest BCUT2D eigenvalue weighted by Gasteiger charge is -2.22. The molecule has 0 bridgehead atoms. The number of amides is 1. The number of methoxy groups -OCH3 is 1. The van der Waals surface area contributed by atoms with Gasteiger partial charge in [-0.15, -0.1) is 0 Å². The largest absolute Gasteiger partial charge is 0.467 e. The second-order valence-corrected chi connectivity index (χ2v) is 4.74. The summed E-state index contributed by atoms with van der Waals surface area (Å²) in [5.74, 6) is -0.579. The van der Waals surface area contributed by atoms with Crippen LogP contribution in [0.2, 0.25) is 0 Å². The van der Waals surface area contributed by atoms with Crippen molar-refractivity contribution in [2.24, 2.45) is 0 Å². The van der Waals surface area contributed by atoms with Gasteiger partial charge in [-0.1, -0.05) is 0 Å². The van der Waals surface area contributed by atoms with Crippen molar-refractivity contribution in [3.63, 3.8) is 0 Å². The van der Waals surface area contributed by atoms with Crippen molar-refractivity contribution >= 4 is 24.1 Å². The fourth-order valence-electron chi connectivity index (χ4n) is 0.897. The van der Waals surface area contributed by atoms with Crippen LogP contribution < -0.4 is 5.32 Å². The van der Waals surface area contributed by atoms with Gasteiger partial charge in [-0.2, -0.15) is 0 Å². The van der Waals surface area contributed by atoms with Crippen LogP contribution in [0, 0.1) is 0 Å². The van der Waals surface area contributed by atoms with Gasteiger partial charge in [0, 0.05) is 6.26 Å². The topological polar surface area (TPSA) is 73.9 Å². The molecule has 1 amide bonds. The number of rotatable bonds is 5. The van der Waals surface area contributed by atoms with Crippen LogP contribution in [0.3, 0.4) is 0 Å². The predicted molar refractivity (Wildman–Crippen MR) is 64.6 cm³/mol. The van der Waals surface area contributed by atoms with E-state index in [2.05, 4.69) is 10.1 Å². The Morgan fingerprint density at radius 2 is 1.94 bits per heavy atom. The average molecular weight is 265 g/mol. The zero-order chi connectivity index (χ0) is 13.5. The Balaban J connectivity index is 4.32. The molecule has 0 aromatic carbocycles. The van der Waals surface area contributed by atoms with E-state index < -0.39 is 23.7 Å². The van der Waals surface area contributed by atoms with Gasteiger partial charge in [0.2, 0.25) is 0 Å². The van der Waals surface area contributed by atoms with Gasteiger partial charge >= 0.3 is 12.1 Å². The average Bonchev–Trinajstić information content (AvgIpc) is 2.20. The maximum absolute atomic E-state index is 11.4. The summed E-state index contributed by atoms with van der Waals surface area (Å²) in [6.07, 6.45) is 1.03. The normalized spacial score (nSPS) is 12.8. The molecule has 1 N–H and O–H groups in total. The van der Waals surface area contributed by atoms with Crippen LogP contribution in [-0.2, 0) is 18.5 Å². The van der Waals surface area contributed by atoms with Crippen molar-refractivity contribution in [3.8, 4) is 0 Å². The molecule has 7 heteroatoms. The van der Waals surface area contributed by atoms with E-state index in [0.29, 0.717) is 0 Å². The minimum absolute atomic E-state index is 0.0209. The van der Waals surface area contributed by atoms with Crippen molar-refractivity contribution in [2.45, 2.75) is 32.4 Å².